The zero-order chi connectivity index (χ0) is 16.0. The van der Waals surface area contributed by atoms with Gasteiger partial charge in [-0.1, -0.05) is 26.7 Å². The van der Waals surface area contributed by atoms with Crippen LogP contribution in [-0.4, -0.2) is 54.1 Å². The number of rotatable bonds is 11. The summed E-state index contributed by atoms with van der Waals surface area (Å²) in [5.74, 6) is 1.86. The third kappa shape index (κ3) is 9.75. The standard InChI is InChI=1S/C15H30N6O.HI/c1-4-6-7-8-16-15(18-10-12-22-3)17-9-11-21-13-19-20-14(21)5-2;/h13H,4-12H2,1-3H3,(H2,16,17,18);1H. The Balaban J connectivity index is 0.00000484. The summed E-state index contributed by atoms with van der Waals surface area (Å²) in [7, 11) is 1.70. The SMILES string of the molecule is CCCCCN=C(NCCOC)NCCn1cnnc1CC.I. The second-order valence-corrected chi connectivity index (χ2v) is 5.08. The van der Waals surface area contributed by atoms with Crippen LogP contribution >= 0.6 is 24.0 Å². The Morgan fingerprint density at radius 3 is 2.74 bits per heavy atom. The summed E-state index contributed by atoms with van der Waals surface area (Å²) >= 11 is 0. The molecular weight excluding hydrogens is 407 g/mol. The molecule has 0 saturated heterocycles. The highest BCUT2D eigenvalue weighted by Crippen LogP contribution is 1.95. The summed E-state index contributed by atoms with van der Waals surface area (Å²) in [6.07, 6.45) is 6.22. The molecule has 0 aliphatic rings. The van der Waals surface area contributed by atoms with Gasteiger partial charge in [0, 0.05) is 39.7 Å². The van der Waals surface area contributed by atoms with E-state index in [-0.39, 0.29) is 24.0 Å². The van der Waals surface area contributed by atoms with Crippen molar-refractivity contribution in [2.24, 2.45) is 4.99 Å². The lowest BCUT2D eigenvalue weighted by Crippen LogP contribution is -2.40. The lowest BCUT2D eigenvalue weighted by atomic mass is 10.2. The molecule has 0 radical (unpaired) electrons. The van der Waals surface area contributed by atoms with E-state index in [4.69, 9.17) is 4.74 Å². The summed E-state index contributed by atoms with van der Waals surface area (Å²) < 4.78 is 7.13. The molecule has 0 unspecified atom stereocenters. The van der Waals surface area contributed by atoms with Crippen LogP contribution in [0.25, 0.3) is 0 Å². The van der Waals surface area contributed by atoms with Crippen molar-refractivity contribution in [2.75, 3.05) is 33.4 Å². The van der Waals surface area contributed by atoms with E-state index >= 15 is 0 Å². The highest BCUT2D eigenvalue weighted by atomic mass is 127. The molecule has 0 aliphatic carbocycles. The molecule has 0 atom stereocenters. The average molecular weight is 438 g/mol. The van der Waals surface area contributed by atoms with Crippen LogP contribution in [0.5, 0.6) is 0 Å². The molecule has 0 bridgehead atoms. The number of aromatic nitrogens is 3. The molecule has 0 aromatic carbocycles. The molecule has 1 aromatic rings. The first-order chi connectivity index (χ1) is 10.8. The molecule has 0 amide bonds. The van der Waals surface area contributed by atoms with Crippen molar-refractivity contribution < 1.29 is 4.74 Å². The van der Waals surface area contributed by atoms with E-state index < -0.39 is 0 Å². The van der Waals surface area contributed by atoms with Gasteiger partial charge in [0.25, 0.3) is 0 Å². The maximum atomic E-state index is 5.06. The number of nitrogens with one attached hydrogen (secondary N) is 2. The van der Waals surface area contributed by atoms with Gasteiger partial charge in [0.15, 0.2) is 5.96 Å². The molecule has 1 heterocycles. The van der Waals surface area contributed by atoms with E-state index in [9.17, 15) is 0 Å². The van der Waals surface area contributed by atoms with E-state index in [0.717, 1.165) is 50.8 Å². The Morgan fingerprint density at radius 1 is 1.26 bits per heavy atom. The van der Waals surface area contributed by atoms with Gasteiger partial charge in [-0.25, -0.2) is 0 Å². The Kier molecular flexibility index (Phi) is 14.1. The fraction of sp³-hybridized carbons (Fsp3) is 0.800. The largest absolute Gasteiger partial charge is 0.383 e. The monoisotopic (exact) mass is 438 g/mol. The molecule has 0 fully saturated rings. The van der Waals surface area contributed by atoms with Crippen molar-refractivity contribution in [3.63, 3.8) is 0 Å². The number of aryl methyl sites for hydroxylation is 1. The van der Waals surface area contributed by atoms with Crippen LogP contribution in [0.15, 0.2) is 11.3 Å². The normalized spacial score (nSPS) is 11.2. The van der Waals surface area contributed by atoms with Gasteiger partial charge in [0.2, 0.25) is 0 Å². The summed E-state index contributed by atoms with van der Waals surface area (Å²) in [6, 6.07) is 0. The molecule has 1 rings (SSSR count). The van der Waals surface area contributed by atoms with Gasteiger partial charge >= 0.3 is 0 Å². The number of aliphatic imine (C=N–C) groups is 1. The third-order valence-electron chi connectivity index (χ3n) is 3.29. The van der Waals surface area contributed by atoms with Crippen molar-refractivity contribution in [2.45, 2.75) is 46.1 Å². The number of unbranched alkanes of at least 4 members (excludes halogenated alkanes) is 2. The Hall–Kier alpha value is -0.900. The van der Waals surface area contributed by atoms with Crippen molar-refractivity contribution in [1.82, 2.24) is 25.4 Å². The smallest absolute Gasteiger partial charge is 0.191 e. The Morgan fingerprint density at radius 2 is 2.04 bits per heavy atom. The van der Waals surface area contributed by atoms with Gasteiger partial charge in [-0.2, -0.15) is 0 Å². The summed E-state index contributed by atoms with van der Waals surface area (Å²) in [6.45, 7) is 8.17. The highest BCUT2D eigenvalue weighted by Gasteiger charge is 2.02. The van der Waals surface area contributed by atoms with Crippen LogP contribution in [-0.2, 0) is 17.7 Å². The number of hydrogen-bond donors (Lipinski definition) is 2. The zero-order valence-corrected chi connectivity index (χ0v) is 16.9. The quantitative estimate of drug-likeness (QED) is 0.239. The maximum Gasteiger partial charge on any atom is 0.191 e. The molecule has 1 aromatic heterocycles. The minimum atomic E-state index is 0. The summed E-state index contributed by atoms with van der Waals surface area (Å²) in [5.41, 5.74) is 0. The molecule has 23 heavy (non-hydrogen) atoms. The molecule has 0 aliphatic heterocycles. The molecular formula is C15H31IN6O. The molecule has 0 spiro atoms. The first-order valence-corrected chi connectivity index (χ1v) is 8.19. The number of nitrogens with zero attached hydrogens (tertiary/aromatic N) is 4. The topological polar surface area (TPSA) is 76.4 Å². The molecule has 0 saturated carbocycles. The number of guanidine groups is 1. The lowest BCUT2D eigenvalue weighted by Gasteiger charge is -2.13. The fourth-order valence-electron chi connectivity index (χ4n) is 2.03. The van der Waals surface area contributed by atoms with Gasteiger partial charge in [0.1, 0.15) is 12.2 Å². The van der Waals surface area contributed by atoms with Crippen molar-refractivity contribution in [3.05, 3.63) is 12.2 Å². The van der Waals surface area contributed by atoms with E-state index in [0.29, 0.717) is 6.61 Å². The maximum absolute atomic E-state index is 5.06. The van der Waals surface area contributed by atoms with E-state index in [1.165, 1.54) is 12.8 Å². The summed E-state index contributed by atoms with van der Waals surface area (Å²) in [5, 5.41) is 14.7. The minimum absolute atomic E-state index is 0. The van der Waals surface area contributed by atoms with E-state index in [1.807, 2.05) is 0 Å². The van der Waals surface area contributed by atoms with Gasteiger partial charge < -0.3 is 19.9 Å². The van der Waals surface area contributed by atoms with Crippen LogP contribution in [0.2, 0.25) is 0 Å². The van der Waals surface area contributed by atoms with Crippen molar-refractivity contribution in [3.8, 4) is 0 Å². The van der Waals surface area contributed by atoms with Crippen LogP contribution in [0.4, 0.5) is 0 Å². The summed E-state index contributed by atoms with van der Waals surface area (Å²) in [4.78, 5) is 4.59. The van der Waals surface area contributed by atoms with Gasteiger partial charge in [-0.15, -0.1) is 34.2 Å². The zero-order valence-electron chi connectivity index (χ0n) is 14.5. The van der Waals surface area contributed by atoms with Crippen molar-refractivity contribution in [1.29, 1.82) is 0 Å². The predicted octanol–water partition coefficient (Wildman–Crippen LogP) is 1.83. The first kappa shape index (κ1) is 22.1. The van der Waals surface area contributed by atoms with Crippen LogP contribution < -0.4 is 10.6 Å². The highest BCUT2D eigenvalue weighted by molar-refractivity contribution is 14.0. The number of methoxy groups -OCH3 is 1. The fourth-order valence-corrected chi connectivity index (χ4v) is 2.03. The Bertz CT molecular complexity index is 424. The first-order valence-electron chi connectivity index (χ1n) is 8.19. The predicted molar refractivity (Wildman–Crippen MR) is 105 cm³/mol. The number of hydrogen-bond acceptors (Lipinski definition) is 4. The van der Waals surface area contributed by atoms with Crippen LogP contribution in [0, 0.1) is 0 Å². The minimum Gasteiger partial charge on any atom is -0.383 e. The Labute approximate surface area is 156 Å². The molecule has 134 valence electrons. The molecule has 7 nitrogen and oxygen atoms in total. The van der Waals surface area contributed by atoms with Gasteiger partial charge in [0.05, 0.1) is 6.61 Å². The third-order valence-corrected chi connectivity index (χ3v) is 3.29. The molecule has 8 heteroatoms. The molecule has 2 N–H and O–H groups in total. The second kappa shape index (κ2) is 14.7. The number of ether oxygens (including phenoxy) is 1. The van der Waals surface area contributed by atoms with Crippen molar-refractivity contribution >= 4 is 29.9 Å². The van der Waals surface area contributed by atoms with E-state index in [1.54, 1.807) is 13.4 Å². The van der Waals surface area contributed by atoms with Crippen LogP contribution in [0.1, 0.15) is 38.9 Å². The van der Waals surface area contributed by atoms with Crippen LogP contribution in [0.3, 0.4) is 0 Å². The second-order valence-electron chi connectivity index (χ2n) is 5.08. The van der Waals surface area contributed by atoms with Gasteiger partial charge in [-0.3, -0.25) is 4.99 Å². The number of halogens is 1. The van der Waals surface area contributed by atoms with Gasteiger partial charge in [-0.05, 0) is 6.42 Å². The lowest BCUT2D eigenvalue weighted by molar-refractivity contribution is 0.203. The van der Waals surface area contributed by atoms with E-state index in [2.05, 4.69) is 44.2 Å². The average Bonchev–Trinajstić information content (AvgIpc) is 2.98.